The van der Waals surface area contributed by atoms with Gasteiger partial charge in [0.1, 0.15) is 18.4 Å². The Balaban J connectivity index is 1.82. The molecule has 4 aromatic rings. The molecule has 0 aliphatic heterocycles. The van der Waals surface area contributed by atoms with E-state index in [0.29, 0.717) is 0 Å². The minimum Gasteiger partial charge on any atom is -0.352 e. The van der Waals surface area contributed by atoms with E-state index >= 15 is 0 Å². The molecule has 4 aromatic carbocycles. The van der Waals surface area contributed by atoms with Gasteiger partial charge in [0.05, 0.1) is 15.6 Å². The van der Waals surface area contributed by atoms with Gasteiger partial charge in [-0.05, 0) is 67.8 Å². The Bertz CT molecular complexity index is 1700. The molecule has 7 nitrogen and oxygen atoms in total. The third-order valence-corrected chi connectivity index (χ3v) is 9.18. The highest BCUT2D eigenvalue weighted by Gasteiger charge is 2.35. The molecule has 4 rings (SSSR count). The standard InChI is InChI=1S/C34H35ClFN3O4S/c1-24(2)37-34(41)32(20-26-13-6-4-7-14-26)38(22-27-15-11-10-12-25(27)3)33(40)23-39(28-18-19-31(36)30(35)21-28)44(42,43)29-16-8-5-9-17-29/h4-19,21,24,32H,20,22-23H2,1-3H3,(H,37,41)/t32-/m0/s1. The maximum absolute atomic E-state index is 14.4. The zero-order chi connectivity index (χ0) is 31.9. The van der Waals surface area contributed by atoms with Gasteiger partial charge in [0.2, 0.25) is 11.8 Å². The largest absolute Gasteiger partial charge is 0.352 e. The summed E-state index contributed by atoms with van der Waals surface area (Å²) in [7, 11) is -4.31. The number of hydrogen-bond donors (Lipinski definition) is 1. The molecule has 0 aliphatic carbocycles. The Hall–Kier alpha value is -4.21. The molecule has 0 radical (unpaired) electrons. The van der Waals surface area contributed by atoms with Gasteiger partial charge in [0.25, 0.3) is 10.0 Å². The van der Waals surface area contributed by atoms with Crippen LogP contribution in [0.4, 0.5) is 10.1 Å². The van der Waals surface area contributed by atoms with Crippen LogP contribution in [-0.4, -0.2) is 43.8 Å². The number of aryl methyl sites for hydroxylation is 1. The molecule has 0 aliphatic rings. The van der Waals surface area contributed by atoms with Gasteiger partial charge in [0, 0.05) is 19.0 Å². The number of carbonyl (C=O) groups excluding carboxylic acids is 2. The molecular formula is C34H35ClFN3O4S. The van der Waals surface area contributed by atoms with E-state index in [2.05, 4.69) is 5.32 Å². The van der Waals surface area contributed by atoms with E-state index in [0.717, 1.165) is 27.1 Å². The lowest BCUT2D eigenvalue weighted by molar-refractivity contribution is -0.140. The summed E-state index contributed by atoms with van der Waals surface area (Å²) in [5, 5.41) is 2.64. The van der Waals surface area contributed by atoms with Crippen molar-refractivity contribution < 1.29 is 22.4 Å². The van der Waals surface area contributed by atoms with Crippen molar-refractivity contribution in [1.29, 1.82) is 0 Å². The zero-order valence-electron chi connectivity index (χ0n) is 24.8. The number of nitrogens with zero attached hydrogens (tertiary/aromatic N) is 2. The molecule has 1 N–H and O–H groups in total. The Morgan fingerprint density at radius 1 is 0.886 bits per heavy atom. The highest BCUT2D eigenvalue weighted by Crippen LogP contribution is 2.28. The van der Waals surface area contributed by atoms with E-state index in [4.69, 9.17) is 11.6 Å². The second kappa shape index (κ2) is 14.5. The quantitative estimate of drug-likeness (QED) is 0.202. The van der Waals surface area contributed by atoms with Gasteiger partial charge in [-0.3, -0.25) is 13.9 Å². The maximum atomic E-state index is 14.4. The number of carbonyl (C=O) groups is 2. The molecule has 10 heteroatoms. The summed E-state index contributed by atoms with van der Waals surface area (Å²) in [6, 6.07) is 26.8. The second-order valence-corrected chi connectivity index (χ2v) is 13.0. The van der Waals surface area contributed by atoms with E-state index in [1.54, 1.807) is 18.2 Å². The van der Waals surface area contributed by atoms with E-state index in [9.17, 15) is 22.4 Å². The van der Waals surface area contributed by atoms with Gasteiger partial charge in [0.15, 0.2) is 0 Å². The SMILES string of the molecule is Cc1ccccc1CN(C(=O)CN(c1ccc(F)c(Cl)c1)S(=O)(=O)c1ccccc1)[C@@H](Cc1ccccc1)C(=O)NC(C)C. The fourth-order valence-electron chi connectivity index (χ4n) is 4.79. The van der Waals surface area contributed by atoms with Crippen molar-refractivity contribution in [3.05, 3.63) is 131 Å². The van der Waals surface area contributed by atoms with Gasteiger partial charge in [-0.15, -0.1) is 0 Å². The molecule has 230 valence electrons. The Morgan fingerprint density at radius 3 is 2.11 bits per heavy atom. The van der Waals surface area contributed by atoms with Gasteiger partial charge in [-0.2, -0.15) is 0 Å². The highest BCUT2D eigenvalue weighted by molar-refractivity contribution is 7.92. The van der Waals surface area contributed by atoms with Crippen molar-refractivity contribution in [1.82, 2.24) is 10.2 Å². The minimum atomic E-state index is -4.31. The summed E-state index contributed by atoms with van der Waals surface area (Å²) in [5.41, 5.74) is 2.56. The molecule has 44 heavy (non-hydrogen) atoms. The van der Waals surface area contributed by atoms with Crippen LogP contribution in [0.2, 0.25) is 5.02 Å². The first-order valence-corrected chi connectivity index (χ1v) is 16.0. The maximum Gasteiger partial charge on any atom is 0.264 e. The topological polar surface area (TPSA) is 86.8 Å². The molecule has 0 heterocycles. The van der Waals surface area contributed by atoms with Crippen LogP contribution < -0.4 is 9.62 Å². The minimum absolute atomic E-state index is 0.00989. The van der Waals surface area contributed by atoms with Crippen LogP contribution >= 0.6 is 11.6 Å². The smallest absolute Gasteiger partial charge is 0.264 e. The molecule has 0 fully saturated rings. The van der Waals surface area contributed by atoms with E-state index in [1.165, 1.54) is 29.2 Å². The summed E-state index contributed by atoms with van der Waals surface area (Å²) >= 11 is 6.06. The molecule has 0 bridgehead atoms. The van der Waals surface area contributed by atoms with Crippen LogP contribution in [-0.2, 0) is 32.6 Å². The summed E-state index contributed by atoms with van der Waals surface area (Å²) in [4.78, 5) is 29.5. The van der Waals surface area contributed by atoms with Gasteiger partial charge in [-0.25, -0.2) is 12.8 Å². The first kappa shape index (κ1) is 32.7. The summed E-state index contributed by atoms with van der Waals surface area (Å²) in [5.74, 6) is -1.71. The number of hydrogen-bond acceptors (Lipinski definition) is 4. The fourth-order valence-corrected chi connectivity index (χ4v) is 6.40. The van der Waals surface area contributed by atoms with Crippen LogP contribution in [0.5, 0.6) is 0 Å². The molecule has 0 unspecified atom stereocenters. The average Bonchev–Trinajstić information content (AvgIpc) is 3.00. The third kappa shape index (κ3) is 8.03. The number of anilines is 1. The number of sulfonamides is 1. The average molecular weight is 636 g/mol. The Labute approximate surface area is 263 Å². The number of nitrogens with one attached hydrogen (secondary N) is 1. The summed E-state index contributed by atoms with van der Waals surface area (Å²) < 4.78 is 43.0. The van der Waals surface area contributed by atoms with E-state index in [-0.39, 0.29) is 40.5 Å². The molecule has 1 atom stereocenters. The normalized spacial score (nSPS) is 12.0. The van der Waals surface area contributed by atoms with Crippen molar-refractivity contribution >= 4 is 39.1 Å². The van der Waals surface area contributed by atoms with Crippen molar-refractivity contribution in [2.75, 3.05) is 10.8 Å². The second-order valence-electron chi connectivity index (χ2n) is 10.7. The lowest BCUT2D eigenvalue weighted by Gasteiger charge is -2.34. The molecule has 0 saturated heterocycles. The number of benzene rings is 4. The lowest BCUT2D eigenvalue weighted by atomic mass is 10.0. The monoisotopic (exact) mass is 635 g/mol. The van der Waals surface area contributed by atoms with Gasteiger partial charge >= 0.3 is 0 Å². The third-order valence-electron chi connectivity index (χ3n) is 7.11. The van der Waals surface area contributed by atoms with Crippen LogP contribution in [0.3, 0.4) is 0 Å². The van der Waals surface area contributed by atoms with Gasteiger partial charge < -0.3 is 10.2 Å². The van der Waals surface area contributed by atoms with Crippen molar-refractivity contribution in [2.24, 2.45) is 0 Å². The zero-order valence-corrected chi connectivity index (χ0v) is 26.4. The Kier molecular flexibility index (Phi) is 10.8. The van der Waals surface area contributed by atoms with Crippen molar-refractivity contribution in [3.8, 4) is 0 Å². The Morgan fingerprint density at radius 2 is 1.50 bits per heavy atom. The lowest BCUT2D eigenvalue weighted by Crippen LogP contribution is -2.54. The summed E-state index contributed by atoms with van der Waals surface area (Å²) in [6.07, 6.45) is 0.199. The number of amides is 2. The highest BCUT2D eigenvalue weighted by atomic mass is 35.5. The predicted molar refractivity (Wildman–Crippen MR) is 171 cm³/mol. The summed E-state index contributed by atoms with van der Waals surface area (Å²) in [6.45, 7) is 4.96. The van der Waals surface area contributed by atoms with Crippen LogP contribution in [0.15, 0.2) is 108 Å². The first-order chi connectivity index (χ1) is 21.0. The van der Waals surface area contributed by atoms with E-state index in [1.807, 2.05) is 75.4 Å². The predicted octanol–water partition coefficient (Wildman–Crippen LogP) is 6.15. The fraction of sp³-hybridized carbons (Fsp3) is 0.235. The van der Waals surface area contributed by atoms with Crippen molar-refractivity contribution in [2.45, 2.75) is 50.7 Å². The number of rotatable bonds is 12. The van der Waals surface area contributed by atoms with Crippen LogP contribution in [0.25, 0.3) is 0 Å². The molecular weight excluding hydrogens is 601 g/mol. The van der Waals surface area contributed by atoms with E-state index < -0.39 is 34.3 Å². The van der Waals surface area contributed by atoms with Crippen LogP contribution in [0.1, 0.15) is 30.5 Å². The molecule has 0 spiro atoms. The first-order valence-electron chi connectivity index (χ1n) is 14.2. The molecule has 0 saturated carbocycles. The van der Waals surface area contributed by atoms with Crippen LogP contribution in [0, 0.1) is 12.7 Å². The molecule has 2 amide bonds. The molecule has 0 aromatic heterocycles. The van der Waals surface area contributed by atoms with Gasteiger partial charge in [-0.1, -0.05) is 84.4 Å². The number of halogens is 2. The van der Waals surface area contributed by atoms with Crippen molar-refractivity contribution in [3.63, 3.8) is 0 Å².